The van der Waals surface area contributed by atoms with Gasteiger partial charge in [0.25, 0.3) is 5.69 Å². The topological polar surface area (TPSA) is 158 Å². The molecule has 0 saturated carbocycles. The Morgan fingerprint density at radius 3 is 2.16 bits per heavy atom. The highest BCUT2D eigenvalue weighted by Crippen LogP contribution is 2.31. The molecule has 0 aliphatic carbocycles. The predicted molar refractivity (Wildman–Crippen MR) is 179 cm³/mol. The number of alkyl halides is 3. The molecule has 4 aromatic carbocycles. The maximum Gasteiger partial charge on any atom is 0.416 e. The zero-order valence-electron chi connectivity index (χ0n) is 25.1. The summed E-state index contributed by atoms with van der Waals surface area (Å²) in [7, 11) is 0. The van der Waals surface area contributed by atoms with E-state index in [0.717, 1.165) is 24.3 Å². The van der Waals surface area contributed by atoms with Crippen molar-refractivity contribution < 1.29 is 36.9 Å². The van der Waals surface area contributed by atoms with Gasteiger partial charge in [0.2, 0.25) is 11.8 Å². The molecule has 2 amide bonds. The number of halogens is 4. The lowest BCUT2D eigenvalue weighted by atomic mass is 10.00. The Morgan fingerprint density at radius 1 is 0.857 bits per heavy atom. The van der Waals surface area contributed by atoms with Crippen LogP contribution in [0.1, 0.15) is 38.9 Å². The third-order valence-corrected chi connectivity index (χ3v) is 7.09. The molecular weight excluding hydrogens is 665 g/mol. The Kier molecular flexibility index (Phi) is 11.1. The van der Waals surface area contributed by atoms with Crippen molar-refractivity contribution in [3.05, 3.63) is 153 Å². The van der Waals surface area contributed by atoms with Gasteiger partial charge in [-0.05, 0) is 66.2 Å². The third kappa shape index (κ3) is 8.86. The van der Waals surface area contributed by atoms with Gasteiger partial charge in [0, 0.05) is 40.6 Å². The maximum atomic E-state index is 13.5. The van der Waals surface area contributed by atoms with Crippen molar-refractivity contribution in [2.45, 2.75) is 12.2 Å². The second kappa shape index (κ2) is 15.2. The van der Waals surface area contributed by atoms with Crippen LogP contribution in [0.2, 0.25) is 0 Å². The van der Waals surface area contributed by atoms with Crippen molar-refractivity contribution in [1.29, 1.82) is 0 Å². The average Bonchev–Trinajstić information content (AvgIpc) is 3.56. The number of nitro benzene ring substituents is 1. The number of nitrogens with one attached hydrogen (secondary N) is 2. The maximum absolute atomic E-state index is 13.5. The van der Waals surface area contributed by atoms with E-state index >= 15 is 0 Å². The minimum atomic E-state index is -4.55. The van der Waals surface area contributed by atoms with Crippen molar-refractivity contribution >= 4 is 53.1 Å². The first-order valence-corrected chi connectivity index (χ1v) is 14.2. The fraction of sp³-hybridized carbons (Fsp3) is 0.0571. The minimum absolute atomic E-state index is 0. The standard InChI is InChI=1S/C35H25F3N4O6.ClH/c36-35(37,38)24-10-6-22(7-11-24)32(39)34(45)41-29-17-12-25(20-28(29)33(44)23-4-2-1-3-5-23)40-31(43)19-16-27-15-18-30(48-27)21-8-13-26(14-9-21)42(46)47;/h1-20,32H,39H2,(H,40,43)(H,41,45);1H/b19-16+;. The molecule has 0 aliphatic rings. The van der Waals surface area contributed by atoms with Crippen LogP contribution in [0.3, 0.4) is 0 Å². The van der Waals surface area contributed by atoms with Gasteiger partial charge in [0.1, 0.15) is 17.6 Å². The number of amides is 2. The monoisotopic (exact) mass is 690 g/mol. The van der Waals surface area contributed by atoms with Crippen LogP contribution in [-0.2, 0) is 15.8 Å². The van der Waals surface area contributed by atoms with E-state index in [2.05, 4.69) is 10.6 Å². The fourth-order valence-corrected chi connectivity index (χ4v) is 4.59. The number of benzene rings is 4. The zero-order valence-corrected chi connectivity index (χ0v) is 26.0. The highest BCUT2D eigenvalue weighted by molar-refractivity contribution is 6.15. The lowest BCUT2D eigenvalue weighted by Crippen LogP contribution is -2.28. The van der Waals surface area contributed by atoms with Crippen LogP contribution in [0.25, 0.3) is 17.4 Å². The molecule has 5 aromatic rings. The van der Waals surface area contributed by atoms with Crippen LogP contribution in [0.4, 0.5) is 30.2 Å². The Hall–Kier alpha value is -6.05. The predicted octanol–water partition coefficient (Wildman–Crippen LogP) is 7.82. The number of furan rings is 1. The second-order valence-corrected chi connectivity index (χ2v) is 10.4. The number of nitrogens with two attached hydrogens (primary N) is 1. The number of non-ortho nitro benzene ring substituents is 1. The number of hydrogen-bond donors (Lipinski definition) is 3. The van der Waals surface area contributed by atoms with Crippen LogP contribution in [0.15, 0.2) is 120 Å². The Labute approximate surface area is 283 Å². The normalized spacial score (nSPS) is 11.8. The molecular formula is C35H26ClF3N4O6. The molecule has 14 heteroatoms. The molecule has 5 rings (SSSR count). The van der Waals surface area contributed by atoms with Gasteiger partial charge in [-0.25, -0.2) is 0 Å². The second-order valence-electron chi connectivity index (χ2n) is 10.4. The van der Waals surface area contributed by atoms with E-state index in [1.807, 2.05) is 0 Å². The number of carbonyl (C=O) groups is 3. The van der Waals surface area contributed by atoms with Crippen molar-refractivity contribution in [2.75, 3.05) is 10.6 Å². The van der Waals surface area contributed by atoms with Crippen LogP contribution in [0, 0.1) is 10.1 Å². The van der Waals surface area contributed by atoms with E-state index in [-0.39, 0.29) is 40.6 Å². The van der Waals surface area contributed by atoms with Crippen molar-refractivity contribution in [2.24, 2.45) is 5.73 Å². The molecule has 250 valence electrons. The highest BCUT2D eigenvalue weighted by Gasteiger charge is 2.30. The molecule has 1 heterocycles. The van der Waals surface area contributed by atoms with Crippen LogP contribution < -0.4 is 16.4 Å². The van der Waals surface area contributed by atoms with E-state index in [1.54, 1.807) is 54.6 Å². The van der Waals surface area contributed by atoms with E-state index in [4.69, 9.17) is 10.2 Å². The number of anilines is 2. The van der Waals surface area contributed by atoms with Gasteiger partial charge in [0.15, 0.2) is 5.78 Å². The molecule has 0 bridgehead atoms. The third-order valence-electron chi connectivity index (χ3n) is 7.09. The Morgan fingerprint density at radius 2 is 1.53 bits per heavy atom. The molecule has 10 nitrogen and oxygen atoms in total. The van der Waals surface area contributed by atoms with E-state index in [1.165, 1.54) is 42.5 Å². The summed E-state index contributed by atoms with van der Waals surface area (Å²) >= 11 is 0. The van der Waals surface area contributed by atoms with Crippen molar-refractivity contribution in [3.63, 3.8) is 0 Å². The number of carbonyl (C=O) groups excluding carboxylic acids is 3. The molecule has 4 N–H and O–H groups in total. The summed E-state index contributed by atoms with van der Waals surface area (Å²) in [4.78, 5) is 49.7. The first kappa shape index (κ1) is 35.8. The average molecular weight is 691 g/mol. The molecule has 49 heavy (non-hydrogen) atoms. The molecule has 0 radical (unpaired) electrons. The number of hydrogen-bond acceptors (Lipinski definition) is 7. The van der Waals surface area contributed by atoms with Gasteiger partial charge in [0.05, 0.1) is 16.2 Å². The quantitative estimate of drug-likeness (QED) is 0.0583. The molecule has 1 atom stereocenters. The van der Waals surface area contributed by atoms with Gasteiger partial charge < -0.3 is 20.8 Å². The molecule has 0 fully saturated rings. The van der Waals surface area contributed by atoms with Crippen LogP contribution in [-0.4, -0.2) is 22.5 Å². The Bertz CT molecular complexity index is 2010. The van der Waals surface area contributed by atoms with E-state index in [0.29, 0.717) is 22.6 Å². The lowest BCUT2D eigenvalue weighted by Gasteiger charge is -2.17. The SMILES string of the molecule is Cl.NC(C(=O)Nc1ccc(NC(=O)/C=C/c2ccc(-c3ccc([N+](=O)[O-])cc3)o2)cc1C(=O)c1ccccc1)c1ccc(C(F)(F)F)cc1. The number of nitro groups is 1. The number of ketones is 1. The largest absolute Gasteiger partial charge is 0.457 e. The smallest absolute Gasteiger partial charge is 0.416 e. The summed E-state index contributed by atoms with van der Waals surface area (Å²) in [5.74, 6) is -1.05. The molecule has 1 unspecified atom stereocenters. The lowest BCUT2D eigenvalue weighted by molar-refractivity contribution is -0.384. The van der Waals surface area contributed by atoms with Gasteiger partial charge in [-0.2, -0.15) is 13.2 Å². The summed E-state index contributed by atoms with van der Waals surface area (Å²) in [5.41, 5.74) is 6.43. The first-order chi connectivity index (χ1) is 22.9. The fourth-order valence-electron chi connectivity index (χ4n) is 4.59. The van der Waals surface area contributed by atoms with Crippen LogP contribution in [0.5, 0.6) is 0 Å². The highest BCUT2D eigenvalue weighted by atomic mass is 35.5. The summed E-state index contributed by atoms with van der Waals surface area (Å²) in [6.45, 7) is 0. The zero-order chi connectivity index (χ0) is 34.4. The van der Waals surface area contributed by atoms with Gasteiger partial charge in [-0.15, -0.1) is 12.4 Å². The minimum Gasteiger partial charge on any atom is -0.457 e. The van der Waals surface area contributed by atoms with E-state index in [9.17, 15) is 37.7 Å². The Balaban J connectivity index is 0.00000541. The number of rotatable bonds is 10. The summed E-state index contributed by atoms with van der Waals surface area (Å²) < 4.78 is 44.6. The molecule has 0 saturated heterocycles. The van der Waals surface area contributed by atoms with Gasteiger partial charge >= 0.3 is 6.18 Å². The molecule has 0 aliphatic heterocycles. The van der Waals surface area contributed by atoms with Crippen molar-refractivity contribution in [1.82, 2.24) is 0 Å². The summed E-state index contributed by atoms with van der Waals surface area (Å²) in [6, 6.07) is 24.0. The molecule has 1 aromatic heterocycles. The molecule has 0 spiro atoms. The summed E-state index contributed by atoms with van der Waals surface area (Å²) in [6.07, 6.45) is -1.93. The van der Waals surface area contributed by atoms with Crippen LogP contribution >= 0.6 is 12.4 Å². The first-order valence-electron chi connectivity index (χ1n) is 14.2. The van der Waals surface area contributed by atoms with E-state index < -0.39 is 40.3 Å². The number of nitrogens with zero attached hydrogens (tertiary/aromatic N) is 1. The van der Waals surface area contributed by atoms with Crippen molar-refractivity contribution in [3.8, 4) is 11.3 Å². The summed E-state index contributed by atoms with van der Waals surface area (Å²) in [5, 5.41) is 16.1. The van der Waals surface area contributed by atoms with Gasteiger partial charge in [-0.1, -0.05) is 42.5 Å². The van der Waals surface area contributed by atoms with Gasteiger partial charge in [-0.3, -0.25) is 24.5 Å².